The van der Waals surface area contributed by atoms with Crippen LogP contribution in [0.5, 0.6) is 0 Å². The largest absolute Gasteiger partial charge is 0.379 e. The molecule has 2 unspecified atom stereocenters. The molecule has 0 amide bonds. The van der Waals surface area contributed by atoms with Gasteiger partial charge < -0.3 is 10.1 Å². The van der Waals surface area contributed by atoms with Gasteiger partial charge in [0.25, 0.3) is 0 Å². The average Bonchev–Trinajstić information content (AvgIpc) is 3.21. The smallest absolute Gasteiger partial charge is 0.194 e. The molecule has 1 aliphatic carbocycles. The van der Waals surface area contributed by atoms with E-state index < -0.39 is 23.5 Å². The minimum absolute atomic E-state index is 0.125. The summed E-state index contributed by atoms with van der Waals surface area (Å²) in [5.74, 6) is -3.38. The van der Waals surface area contributed by atoms with E-state index in [2.05, 4.69) is 5.32 Å². The molecule has 0 aliphatic heterocycles. The van der Waals surface area contributed by atoms with E-state index in [1.165, 1.54) is 6.07 Å². The van der Waals surface area contributed by atoms with E-state index >= 15 is 0 Å². The van der Waals surface area contributed by atoms with E-state index in [0.717, 1.165) is 18.9 Å². The predicted octanol–water partition coefficient (Wildman–Crippen LogP) is 3.18. The summed E-state index contributed by atoms with van der Waals surface area (Å²) in [6.07, 6.45) is 1.82. The molecule has 0 heterocycles. The Hall–Kier alpha value is -1.07. The summed E-state index contributed by atoms with van der Waals surface area (Å²) >= 11 is 0. The van der Waals surface area contributed by atoms with Crippen molar-refractivity contribution in [2.45, 2.75) is 31.9 Å². The topological polar surface area (TPSA) is 21.3 Å². The highest BCUT2D eigenvalue weighted by molar-refractivity contribution is 5.25. The van der Waals surface area contributed by atoms with Crippen molar-refractivity contribution < 1.29 is 17.9 Å². The minimum atomic E-state index is -1.42. The quantitative estimate of drug-likeness (QED) is 0.804. The van der Waals surface area contributed by atoms with Crippen LogP contribution in [0.4, 0.5) is 13.2 Å². The van der Waals surface area contributed by atoms with Crippen LogP contribution in [0.2, 0.25) is 0 Å². The van der Waals surface area contributed by atoms with E-state index in [1.54, 1.807) is 7.11 Å². The van der Waals surface area contributed by atoms with Crippen LogP contribution in [0, 0.1) is 23.4 Å². The van der Waals surface area contributed by atoms with Crippen LogP contribution >= 0.6 is 0 Å². The maximum absolute atomic E-state index is 13.9. The summed E-state index contributed by atoms with van der Waals surface area (Å²) in [6, 6.07) is 1.78. The Morgan fingerprint density at radius 2 is 1.95 bits per heavy atom. The van der Waals surface area contributed by atoms with E-state index in [9.17, 15) is 13.2 Å². The molecule has 1 aromatic carbocycles. The van der Waals surface area contributed by atoms with Crippen molar-refractivity contribution in [2.75, 3.05) is 13.7 Å². The van der Waals surface area contributed by atoms with Gasteiger partial charge in [0.2, 0.25) is 0 Å². The Morgan fingerprint density at radius 3 is 2.47 bits per heavy atom. The highest BCUT2D eigenvalue weighted by atomic mass is 19.2. The lowest BCUT2D eigenvalue weighted by atomic mass is 9.97. The van der Waals surface area contributed by atoms with Crippen molar-refractivity contribution in [1.29, 1.82) is 0 Å². The Labute approximate surface area is 111 Å². The van der Waals surface area contributed by atoms with Gasteiger partial charge in [-0.3, -0.25) is 0 Å². The van der Waals surface area contributed by atoms with Gasteiger partial charge in [-0.15, -0.1) is 0 Å². The fraction of sp³-hybridized carbons (Fsp3) is 0.571. The van der Waals surface area contributed by atoms with Crippen molar-refractivity contribution in [3.63, 3.8) is 0 Å². The second-order valence-corrected chi connectivity index (χ2v) is 4.84. The van der Waals surface area contributed by atoms with Crippen LogP contribution < -0.4 is 5.32 Å². The highest BCUT2D eigenvalue weighted by Gasteiger charge is 2.38. The maximum Gasteiger partial charge on any atom is 0.194 e. The zero-order chi connectivity index (χ0) is 14.0. The van der Waals surface area contributed by atoms with Crippen LogP contribution in [0.3, 0.4) is 0 Å². The molecule has 0 aromatic heterocycles. The van der Waals surface area contributed by atoms with Gasteiger partial charge in [-0.1, -0.05) is 13.0 Å². The van der Waals surface area contributed by atoms with Crippen LogP contribution in [0.1, 0.15) is 31.4 Å². The molecule has 0 spiro atoms. The standard InChI is InChI=1S/C14H18F3NO/c1-3-18-13(14(19-2)8-4-5-8)9-6-7-10(15)12(17)11(9)16/h6-8,13-14,18H,3-5H2,1-2H3. The Bertz CT molecular complexity index is 449. The molecule has 1 saturated carbocycles. The third-order valence-corrected chi connectivity index (χ3v) is 3.51. The molecule has 1 N–H and O–H groups in total. The summed E-state index contributed by atoms with van der Waals surface area (Å²) in [5.41, 5.74) is 0.125. The molecular formula is C14H18F3NO. The van der Waals surface area contributed by atoms with Gasteiger partial charge in [-0.05, 0) is 31.4 Å². The molecule has 5 heteroatoms. The van der Waals surface area contributed by atoms with Crippen LogP contribution in [-0.2, 0) is 4.74 Å². The first-order valence-corrected chi connectivity index (χ1v) is 6.49. The zero-order valence-corrected chi connectivity index (χ0v) is 11.1. The first-order chi connectivity index (χ1) is 9.10. The SMILES string of the molecule is CCNC(c1ccc(F)c(F)c1F)C(OC)C1CC1. The Kier molecular flexibility index (Phi) is 4.47. The third kappa shape index (κ3) is 2.92. The molecule has 0 saturated heterocycles. The predicted molar refractivity (Wildman–Crippen MR) is 66.3 cm³/mol. The number of hydrogen-bond donors (Lipinski definition) is 1. The molecule has 0 bridgehead atoms. The average molecular weight is 273 g/mol. The minimum Gasteiger partial charge on any atom is -0.379 e. The number of methoxy groups -OCH3 is 1. The lowest BCUT2D eigenvalue weighted by Gasteiger charge is -2.27. The highest BCUT2D eigenvalue weighted by Crippen LogP contribution is 2.40. The van der Waals surface area contributed by atoms with E-state index in [4.69, 9.17) is 4.74 Å². The van der Waals surface area contributed by atoms with Crippen molar-refractivity contribution in [2.24, 2.45) is 5.92 Å². The van der Waals surface area contributed by atoms with Crippen molar-refractivity contribution >= 4 is 0 Å². The van der Waals surface area contributed by atoms with Gasteiger partial charge in [0.15, 0.2) is 17.5 Å². The molecule has 19 heavy (non-hydrogen) atoms. The second-order valence-electron chi connectivity index (χ2n) is 4.84. The number of benzene rings is 1. The number of halogens is 3. The summed E-state index contributed by atoms with van der Waals surface area (Å²) in [6.45, 7) is 2.47. The number of hydrogen-bond acceptors (Lipinski definition) is 2. The van der Waals surface area contributed by atoms with Crippen molar-refractivity contribution in [3.05, 3.63) is 35.1 Å². The number of nitrogens with one attached hydrogen (secondary N) is 1. The molecule has 1 fully saturated rings. The first kappa shape index (κ1) is 14.3. The van der Waals surface area contributed by atoms with Gasteiger partial charge >= 0.3 is 0 Å². The molecule has 0 radical (unpaired) electrons. The third-order valence-electron chi connectivity index (χ3n) is 3.51. The normalized spacial score (nSPS) is 18.4. The van der Waals surface area contributed by atoms with Gasteiger partial charge in [-0.25, -0.2) is 13.2 Å². The van der Waals surface area contributed by atoms with Crippen molar-refractivity contribution in [3.8, 4) is 0 Å². The summed E-state index contributed by atoms with van der Waals surface area (Å²) in [7, 11) is 1.56. The first-order valence-electron chi connectivity index (χ1n) is 6.49. The molecule has 106 valence electrons. The molecule has 2 rings (SSSR count). The molecular weight excluding hydrogens is 255 g/mol. The molecule has 2 atom stereocenters. The zero-order valence-electron chi connectivity index (χ0n) is 11.1. The Morgan fingerprint density at radius 1 is 1.26 bits per heavy atom. The lowest BCUT2D eigenvalue weighted by molar-refractivity contribution is 0.0498. The lowest BCUT2D eigenvalue weighted by Crippen LogP contribution is -2.35. The fourth-order valence-electron chi connectivity index (χ4n) is 2.43. The molecule has 2 nitrogen and oxygen atoms in total. The number of likely N-dealkylation sites (N-methyl/N-ethyl adjacent to an activating group) is 1. The molecule has 1 aromatic rings. The summed E-state index contributed by atoms with van der Waals surface area (Å²) < 4.78 is 45.7. The van der Waals surface area contributed by atoms with Gasteiger partial charge in [0, 0.05) is 12.7 Å². The van der Waals surface area contributed by atoms with E-state index in [-0.39, 0.29) is 11.7 Å². The van der Waals surface area contributed by atoms with E-state index in [0.29, 0.717) is 12.5 Å². The summed E-state index contributed by atoms with van der Waals surface area (Å²) in [5, 5.41) is 3.10. The van der Waals surface area contributed by atoms with Crippen molar-refractivity contribution in [1.82, 2.24) is 5.32 Å². The van der Waals surface area contributed by atoms with Gasteiger partial charge in [0.1, 0.15) is 0 Å². The van der Waals surface area contributed by atoms with Crippen LogP contribution in [-0.4, -0.2) is 19.8 Å². The number of rotatable bonds is 6. The van der Waals surface area contributed by atoms with Crippen LogP contribution in [0.15, 0.2) is 12.1 Å². The maximum atomic E-state index is 13.9. The second kappa shape index (κ2) is 5.92. The Balaban J connectivity index is 2.35. The van der Waals surface area contributed by atoms with Crippen LogP contribution in [0.25, 0.3) is 0 Å². The fourth-order valence-corrected chi connectivity index (χ4v) is 2.43. The van der Waals surface area contributed by atoms with E-state index in [1.807, 2.05) is 6.92 Å². The summed E-state index contributed by atoms with van der Waals surface area (Å²) in [4.78, 5) is 0. The molecule has 1 aliphatic rings. The number of ether oxygens (including phenoxy) is 1. The van der Waals surface area contributed by atoms with Gasteiger partial charge in [-0.2, -0.15) is 0 Å². The monoisotopic (exact) mass is 273 g/mol. The van der Waals surface area contributed by atoms with Gasteiger partial charge in [0.05, 0.1) is 12.1 Å².